The number of nitrogens with two attached hydrogens (primary N) is 2. The van der Waals surface area contributed by atoms with Crippen LogP contribution >= 0.6 is 0 Å². The summed E-state index contributed by atoms with van der Waals surface area (Å²) in [6.07, 6.45) is 0. The van der Waals surface area contributed by atoms with Crippen molar-refractivity contribution >= 4 is 11.6 Å². The third-order valence-corrected chi connectivity index (χ3v) is 3.40. The SMILES string of the molecule is Cc1ccc(C(C)C)cc1Oc1ccc(N)c(C(N)=O)c1. The Kier molecular flexibility index (Phi) is 4.17. The van der Waals surface area contributed by atoms with Crippen molar-refractivity contribution in [2.24, 2.45) is 5.73 Å². The molecule has 21 heavy (non-hydrogen) atoms. The third kappa shape index (κ3) is 3.34. The minimum Gasteiger partial charge on any atom is -0.457 e. The number of carbonyl (C=O) groups excluding carboxylic acids is 1. The van der Waals surface area contributed by atoms with Gasteiger partial charge in [0.1, 0.15) is 11.5 Å². The van der Waals surface area contributed by atoms with E-state index in [0.717, 1.165) is 11.3 Å². The molecular weight excluding hydrogens is 264 g/mol. The smallest absolute Gasteiger partial charge is 0.250 e. The molecule has 0 radical (unpaired) electrons. The fourth-order valence-corrected chi connectivity index (χ4v) is 2.02. The van der Waals surface area contributed by atoms with Gasteiger partial charge in [-0.15, -0.1) is 0 Å². The number of primary amides is 1. The monoisotopic (exact) mass is 284 g/mol. The molecule has 2 aromatic carbocycles. The van der Waals surface area contributed by atoms with Crippen molar-refractivity contribution in [2.45, 2.75) is 26.7 Å². The minimum atomic E-state index is -0.564. The van der Waals surface area contributed by atoms with Crippen molar-refractivity contribution < 1.29 is 9.53 Å². The molecule has 4 nitrogen and oxygen atoms in total. The lowest BCUT2D eigenvalue weighted by Crippen LogP contribution is -2.13. The number of nitrogen functional groups attached to an aromatic ring is 1. The Morgan fingerprint density at radius 3 is 2.48 bits per heavy atom. The zero-order valence-corrected chi connectivity index (χ0v) is 12.5. The fourth-order valence-electron chi connectivity index (χ4n) is 2.02. The predicted octanol–water partition coefficient (Wildman–Crippen LogP) is 3.59. The fraction of sp³-hybridized carbons (Fsp3) is 0.235. The highest BCUT2D eigenvalue weighted by Gasteiger charge is 2.10. The van der Waals surface area contributed by atoms with Gasteiger partial charge in [-0.25, -0.2) is 0 Å². The van der Waals surface area contributed by atoms with E-state index >= 15 is 0 Å². The van der Waals surface area contributed by atoms with Gasteiger partial charge in [-0.1, -0.05) is 26.0 Å². The van der Waals surface area contributed by atoms with Crippen LogP contribution in [-0.4, -0.2) is 5.91 Å². The quantitative estimate of drug-likeness (QED) is 0.842. The van der Waals surface area contributed by atoms with Gasteiger partial charge in [0.25, 0.3) is 5.91 Å². The summed E-state index contributed by atoms with van der Waals surface area (Å²) in [5, 5.41) is 0. The van der Waals surface area contributed by atoms with Gasteiger partial charge in [0.05, 0.1) is 5.56 Å². The van der Waals surface area contributed by atoms with Crippen LogP contribution in [0.1, 0.15) is 41.3 Å². The molecule has 1 amide bonds. The first-order chi connectivity index (χ1) is 9.88. The average molecular weight is 284 g/mol. The van der Waals surface area contributed by atoms with Crippen LogP contribution in [0.4, 0.5) is 5.69 Å². The van der Waals surface area contributed by atoms with E-state index in [1.807, 2.05) is 19.1 Å². The first-order valence-corrected chi connectivity index (χ1v) is 6.86. The van der Waals surface area contributed by atoms with Crippen molar-refractivity contribution in [3.05, 3.63) is 53.1 Å². The lowest BCUT2D eigenvalue weighted by Gasteiger charge is -2.13. The van der Waals surface area contributed by atoms with Gasteiger partial charge in [-0.2, -0.15) is 0 Å². The normalized spacial score (nSPS) is 10.7. The summed E-state index contributed by atoms with van der Waals surface area (Å²) in [4.78, 5) is 11.3. The summed E-state index contributed by atoms with van der Waals surface area (Å²) in [6.45, 7) is 6.23. The van der Waals surface area contributed by atoms with Crippen molar-refractivity contribution in [1.29, 1.82) is 0 Å². The van der Waals surface area contributed by atoms with E-state index in [2.05, 4.69) is 19.9 Å². The molecule has 2 rings (SSSR count). The molecule has 0 unspecified atom stereocenters. The number of anilines is 1. The lowest BCUT2D eigenvalue weighted by molar-refractivity contribution is 0.100. The van der Waals surface area contributed by atoms with Crippen LogP contribution in [-0.2, 0) is 0 Å². The van der Waals surface area contributed by atoms with Gasteiger partial charge in [-0.3, -0.25) is 4.79 Å². The van der Waals surface area contributed by atoms with Crippen molar-refractivity contribution in [1.82, 2.24) is 0 Å². The number of hydrogen-bond donors (Lipinski definition) is 2. The molecule has 2 aromatic rings. The summed E-state index contributed by atoms with van der Waals surface area (Å²) in [7, 11) is 0. The maximum atomic E-state index is 11.3. The van der Waals surface area contributed by atoms with Gasteiger partial charge in [0.2, 0.25) is 0 Å². The van der Waals surface area contributed by atoms with Gasteiger partial charge >= 0.3 is 0 Å². The summed E-state index contributed by atoms with van der Waals surface area (Å²) in [6, 6.07) is 11.0. The minimum absolute atomic E-state index is 0.269. The molecule has 0 bridgehead atoms. The highest BCUT2D eigenvalue weighted by atomic mass is 16.5. The zero-order valence-electron chi connectivity index (χ0n) is 12.5. The Balaban J connectivity index is 2.36. The topological polar surface area (TPSA) is 78.3 Å². The first kappa shape index (κ1) is 14.9. The van der Waals surface area contributed by atoms with Crippen LogP contribution in [0.5, 0.6) is 11.5 Å². The number of aryl methyl sites for hydroxylation is 1. The third-order valence-electron chi connectivity index (χ3n) is 3.40. The molecule has 110 valence electrons. The summed E-state index contributed by atoms with van der Waals surface area (Å²) in [5.41, 5.74) is 13.9. The summed E-state index contributed by atoms with van der Waals surface area (Å²) in [5.74, 6) is 1.16. The highest BCUT2D eigenvalue weighted by Crippen LogP contribution is 2.30. The summed E-state index contributed by atoms with van der Waals surface area (Å²) >= 11 is 0. The second kappa shape index (κ2) is 5.87. The molecule has 0 saturated carbocycles. The number of ether oxygens (including phenoxy) is 1. The van der Waals surface area contributed by atoms with E-state index in [1.165, 1.54) is 5.56 Å². The zero-order chi connectivity index (χ0) is 15.6. The number of hydrogen-bond acceptors (Lipinski definition) is 3. The Labute approximate surface area is 124 Å². The second-order valence-corrected chi connectivity index (χ2v) is 5.40. The van der Waals surface area contributed by atoms with E-state index in [0.29, 0.717) is 17.4 Å². The molecule has 0 atom stereocenters. The molecule has 0 spiro atoms. The van der Waals surface area contributed by atoms with Crippen LogP contribution in [0, 0.1) is 6.92 Å². The number of rotatable bonds is 4. The summed E-state index contributed by atoms with van der Waals surface area (Å²) < 4.78 is 5.88. The van der Waals surface area contributed by atoms with E-state index < -0.39 is 5.91 Å². The maximum absolute atomic E-state index is 11.3. The van der Waals surface area contributed by atoms with E-state index in [4.69, 9.17) is 16.2 Å². The maximum Gasteiger partial charge on any atom is 0.250 e. The molecule has 0 aliphatic rings. The molecule has 4 N–H and O–H groups in total. The lowest BCUT2D eigenvalue weighted by atomic mass is 10.0. The standard InChI is InChI=1S/C17H20N2O2/c1-10(2)12-5-4-11(3)16(8-12)21-13-6-7-15(18)14(9-13)17(19)20/h4-10H,18H2,1-3H3,(H2,19,20). The molecule has 4 heteroatoms. The Morgan fingerprint density at radius 1 is 1.14 bits per heavy atom. The van der Waals surface area contributed by atoms with Crippen molar-refractivity contribution in [3.8, 4) is 11.5 Å². The van der Waals surface area contributed by atoms with Crippen molar-refractivity contribution in [2.75, 3.05) is 5.73 Å². The van der Waals surface area contributed by atoms with Gasteiger partial charge in [0, 0.05) is 5.69 Å². The van der Waals surface area contributed by atoms with Crippen LogP contribution < -0.4 is 16.2 Å². The first-order valence-electron chi connectivity index (χ1n) is 6.86. The Bertz CT molecular complexity index is 678. The van der Waals surface area contributed by atoms with E-state index in [1.54, 1.807) is 18.2 Å². The van der Waals surface area contributed by atoms with Gasteiger partial charge < -0.3 is 16.2 Å². The number of carbonyl (C=O) groups is 1. The van der Waals surface area contributed by atoms with Crippen LogP contribution in [0.15, 0.2) is 36.4 Å². The molecule has 0 saturated heterocycles. The molecule has 0 fully saturated rings. The van der Waals surface area contributed by atoms with Crippen molar-refractivity contribution in [3.63, 3.8) is 0 Å². The highest BCUT2D eigenvalue weighted by molar-refractivity contribution is 5.98. The van der Waals surface area contributed by atoms with E-state index in [-0.39, 0.29) is 5.56 Å². The van der Waals surface area contributed by atoms with Crippen LogP contribution in [0.3, 0.4) is 0 Å². The predicted molar refractivity (Wildman–Crippen MR) is 84.7 cm³/mol. The van der Waals surface area contributed by atoms with Gasteiger partial charge in [0.15, 0.2) is 0 Å². The van der Waals surface area contributed by atoms with Crippen LogP contribution in [0.2, 0.25) is 0 Å². The second-order valence-electron chi connectivity index (χ2n) is 5.40. The molecule has 0 aliphatic heterocycles. The average Bonchev–Trinajstić information content (AvgIpc) is 2.42. The largest absolute Gasteiger partial charge is 0.457 e. The molecule has 0 heterocycles. The molecule has 0 aromatic heterocycles. The molecular formula is C17H20N2O2. The van der Waals surface area contributed by atoms with Gasteiger partial charge in [-0.05, 0) is 48.2 Å². The van der Waals surface area contributed by atoms with E-state index in [9.17, 15) is 4.79 Å². The Hall–Kier alpha value is -2.49. The number of benzene rings is 2. The molecule has 0 aliphatic carbocycles. The van der Waals surface area contributed by atoms with Crippen LogP contribution in [0.25, 0.3) is 0 Å². The number of amides is 1. The Morgan fingerprint density at radius 2 is 1.86 bits per heavy atom.